The van der Waals surface area contributed by atoms with E-state index in [2.05, 4.69) is 4.74 Å². The lowest BCUT2D eigenvalue weighted by atomic mass is 10.1. The Morgan fingerprint density at radius 2 is 2.00 bits per heavy atom. The molecule has 100 valence electrons. The van der Waals surface area contributed by atoms with Crippen LogP contribution in [0.15, 0.2) is 18.2 Å². The number of hydrogen-bond acceptors (Lipinski definition) is 3. The Morgan fingerprint density at radius 1 is 1.39 bits per heavy atom. The maximum Gasteiger partial charge on any atom is 0.573 e. The van der Waals surface area contributed by atoms with Crippen LogP contribution in [0.25, 0.3) is 0 Å². The summed E-state index contributed by atoms with van der Waals surface area (Å²) in [7, 11) is 1.17. The first-order chi connectivity index (χ1) is 8.26. The molecule has 18 heavy (non-hydrogen) atoms. The highest BCUT2D eigenvalue weighted by molar-refractivity contribution is 6.31. The van der Waals surface area contributed by atoms with Crippen molar-refractivity contribution >= 4 is 17.4 Å². The molecule has 0 aliphatic heterocycles. The van der Waals surface area contributed by atoms with Crippen LogP contribution in [-0.4, -0.2) is 19.3 Å². The number of ketones is 1. The van der Waals surface area contributed by atoms with Crippen molar-refractivity contribution in [2.24, 2.45) is 0 Å². The SMILES string of the molecule is COc1c(OC(F)(F)F)cccc1C(Cl)C(C)=O. The standard InChI is InChI=1S/C11H10ClF3O3/c1-6(16)9(12)7-4-3-5-8(10(7)17-2)18-11(13,14)15/h3-5,9H,1-2H3. The maximum absolute atomic E-state index is 12.2. The summed E-state index contributed by atoms with van der Waals surface area (Å²) in [5, 5.41) is -1.09. The van der Waals surface area contributed by atoms with Crippen LogP contribution in [0.3, 0.4) is 0 Å². The van der Waals surface area contributed by atoms with Gasteiger partial charge in [-0.3, -0.25) is 4.79 Å². The minimum Gasteiger partial charge on any atom is -0.492 e. The summed E-state index contributed by atoms with van der Waals surface area (Å²) in [5.74, 6) is -1.14. The predicted molar refractivity (Wildman–Crippen MR) is 59.0 cm³/mol. The summed E-state index contributed by atoms with van der Waals surface area (Å²) in [6, 6.07) is 3.79. The van der Waals surface area contributed by atoms with Gasteiger partial charge in [0.15, 0.2) is 17.3 Å². The number of halogens is 4. The second-order valence-corrected chi connectivity index (χ2v) is 3.84. The lowest BCUT2D eigenvalue weighted by Gasteiger charge is -2.16. The minimum absolute atomic E-state index is 0.133. The molecule has 0 spiro atoms. The first kappa shape index (κ1) is 14.6. The van der Waals surface area contributed by atoms with Crippen LogP contribution in [-0.2, 0) is 4.79 Å². The van der Waals surface area contributed by atoms with Crippen LogP contribution < -0.4 is 9.47 Å². The zero-order valence-corrected chi connectivity index (χ0v) is 10.3. The Hall–Kier alpha value is -1.43. The molecule has 0 radical (unpaired) electrons. The Balaban J connectivity index is 3.22. The fourth-order valence-corrected chi connectivity index (χ4v) is 1.55. The van der Waals surface area contributed by atoms with Gasteiger partial charge in [-0.15, -0.1) is 24.8 Å². The van der Waals surface area contributed by atoms with Gasteiger partial charge in [-0.05, 0) is 13.0 Å². The van der Waals surface area contributed by atoms with E-state index in [9.17, 15) is 18.0 Å². The van der Waals surface area contributed by atoms with Crippen molar-refractivity contribution in [2.75, 3.05) is 7.11 Å². The third-order valence-corrected chi connectivity index (χ3v) is 2.61. The van der Waals surface area contributed by atoms with Crippen molar-refractivity contribution in [3.8, 4) is 11.5 Å². The number of hydrogen-bond donors (Lipinski definition) is 0. The Morgan fingerprint density at radius 3 is 2.44 bits per heavy atom. The van der Waals surface area contributed by atoms with Crippen molar-refractivity contribution in [3.05, 3.63) is 23.8 Å². The van der Waals surface area contributed by atoms with Crippen LogP contribution in [0.5, 0.6) is 11.5 Å². The zero-order valence-electron chi connectivity index (χ0n) is 9.55. The van der Waals surface area contributed by atoms with Gasteiger partial charge in [0.2, 0.25) is 0 Å². The molecule has 0 saturated heterocycles. The molecule has 0 aliphatic carbocycles. The highest BCUT2D eigenvalue weighted by Gasteiger charge is 2.33. The number of para-hydroxylation sites is 1. The van der Waals surface area contributed by atoms with Gasteiger partial charge in [0, 0.05) is 5.56 Å². The lowest BCUT2D eigenvalue weighted by Crippen LogP contribution is -2.18. The van der Waals surface area contributed by atoms with Gasteiger partial charge < -0.3 is 9.47 Å². The van der Waals surface area contributed by atoms with Crippen LogP contribution in [0.4, 0.5) is 13.2 Å². The van der Waals surface area contributed by atoms with E-state index in [1.807, 2.05) is 0 Å². The molecule has 0 amide bonds. The molecule has 0 aliphatic rings. The number of alkyl halides is 4. The summed E-state index contributed by atoms with van der Waals surface area (Å²) in [6.07, 6.45) is -4.84. The molecule has 1 atom stereocenters. The maximum atomic E-state index is 12.2. The minimum atomic E-state index is -4.84. The third kappa shape index (κ3) is 3.53. The monoisotopic (exact) mass is 282 g/mol. The predicted octanol–water partition coefficient (Wildman–Crippen LogP) is 3.46. The molecule has 1 unspecified atom stereocenters. The molecule has 0 heterocycles. The van der Waals surface area contributed by atoms with Crippen molar-refractivity contribution in [3.63, 3.8) is 0 Å². The van der Waals surface area contributed by atoms with Gasteiger partial charge in [-0.1, -0.05) is 12.1 Å². The summed E-state index contributed by atoms with van der Waals surface area (Å²) in [6.45, 7) is 1.23. The van der Waals surface area contributed by atoms with Gasteiger partial charge in [0.25, 0.3) is 0 Å². The largest absolute Gasteiger partial charge is 0.573 e. The molecule has 1 aromatic rings. The molecule has 0 N–H and O–H groups in total. The number of carbonyl (C=O) groups is 1. The van der Waals surface area contributed by atoms with E-state index in [-0.39, 0.29) is 11.3 Å². The average molecular weight is 283 g/mol. The molecule has 0 aromatic heterocycles. The summed E-state index contributed by atoms with van der Waals surface area (Å²) < 4.78 is 45.1. The molecular weight excluding hydrogens is 273 g/mol. The molecule has 0 bridgehead atoms. The molecule has 3 nitrogen and oxygen atoms in total. The quantitative estimate of drug-likeness (QED) is 0.793. The van der Waals surface area contributed by atoms with Gasteiger partial charge in [-0.2, -0.15) is 0 Å². The summed E-state index contributed by atoms with van der Waals surface area (Å²) >= 11 is 5.80. The molecule has 1 aromatic carbocycles. The fourth-order valence-electron chi connectivity index (χ4n) is 1.37. The van der Waals surface area contributed by atoms with Gasteiger partial charge in [0.1, 0.15) is 5.38 Å². The second-order valence-electron chi connectivity index (χ2n) is 3.40. The first-order valence-corrected chi connectivity index (χ1v) is 5.27. The topological polar surface area (TPSA) is 35.5 Å². The molecule has 1 rings (SSSR count). The van der Waals surface area contributed by atoms with E-state index in [0.717, 1.165) is 6.07 Å². The summed E-state index contributed by atoms with van der Waals surface area (Å²) in [5.41, 5.74) is 0.133. The number of benzene rings is 1. The number of Topliss-reactive ketones (excluding diaryl/α,β-unsaturated/α-hetero) is 1. The normalized spacial score (nSPS) is 13.0. The molecule has 0 saturated carbocycles. The van der Waals surface area contributed by atoms with E-state index < -0.39 is 23.3 Å². The third-order valence-electron chi connectivity index (χ3n) is 2.07. The fraction of sp³-hybridized carbons (Fsp3) is 0.364. The van der Waals surface area contributed by atoms with E-state index >= 15 is 0 Å². The van der Waals surface area contributed by atoms with Gasteiger partial charge >= 0.3 is 6.36 Å². The van der Waals surface area contributed by atoms with Crippen molar-refractivity contribution in [2.45, 2.75) is 18.7 Å². The van der Waals surface area contributed by atoms with Crippen molar-refractivity contribution in [1.29, 1.82) is 0 Å². The van der Waals surface area contributed by atoms with Crippen molar-refractivity contribution in [1.82, 2.24) is 0 Å². The van der Waals surface area contributed by atoms with Crippen molar-refractivity contribution < 1.29 is 27.4 Å². The van der Waals surface area contributed by atoms with Crippen LogP contribution >= 0.6 is 11.6 Å². The smallest absolute Gasteiger partial charge is 0.492 e. The molecular formula is C11H10ClF3O3. The number of methoxy groups -OCH3 is 1. The number of carbonyl (C=O) groups excluding carboxylic acids is 1. The number of rotatable bonds is 4. The Kier molecular flexibility index (Phi) is 4.45. The lowest BCUT2D eigenvalue weighted by molar-refractivity contribution is -0.275. The highest BCUT2D eigenvalue weighted by atomic mass is 35.5. The van der Waals surface area contributed by atoms with E-state index in [1.165, 1.54) is 26.2 Å². The van der Waals surface area contributed by atoms with Gasteiger partial charge in [0.05, 0.1) is 7.11 Å². The Bertz CT molecular complexity index is 446. The Labute approximate surface area is 106 Å². The molecule has 0 fully saturated rings. The summed E-state index contributed by atoms with van der Waals surface area (Å²) in [4.78, 5) is 11.2. The van der Waals surface area contributed by atoms with E-state index in [1.54, 1.807) is 0 Å². The van der Waals surface area contributed by atoms with E-state index in [4.69, 9.17) is 16.3 Å². The first-order valence-electron chi connectivity index (χ1n) is 4.83. The zero-order chi connectivity index (χ0) is 13.9. The second kappa shape index (κ2) is 5.48. The van der Waals surface area contributed by atoms with Gasteiger partial charge in [-0.25, -0.2) is 0 Å². The average Bonchev–Trinajstić information content (AvgIpc) is 2.25. The van der Waals surface area contributed by atoms with E-state index in [0.29, 0.717) is 0 Å². The highest BCUT2D eigenvalue weighted by Crippen LogP contribution is 2.39. The van der Waals surface area contributed by atoms with Crippen LogP contribution in [0.1, 0.15) is 17.9 Å². The molecule has 7 heteroatoms. The van der Waals surface area contributed by atoms with Crippen LogP contribution in [0.2, 0.25) is 0 Å². The number of ether oxygens (including phenoxy) is 2. The van der Waals surface area contributed by atoms with Crippen LogP contribution in [0, 0.1) is 0 Å².